The first-order chi connectivity index (χ1) is 67.1. The summed E-state index contributed by atoms with van der Waals surface area (Å²) >= 11 is 0.709. The highest BCUT2D eigenvalue weighted by Crippen LogP contribution is 2.25. The molecule has 6 aromatic carbocycles. The number of aliphatic hydroxyl groups is 1. The molecule has 758 valence electrons. The predicted octanol–water partition coefficient (Wildman–Crippen LogP) is -0.279. The van der Waals surface area contributed by atoms with Gasteiger partial charge in [-0.05, 0) is 120 Å². The molecule has 25 N–H and O–H groups in total. The van der Waals surface area contributed by atoms with E-state index in [4.69, 9.17) is 22.6 Å². The molecule has 1 aliphatic heterocycles. The van der Waals surface area contributed by atoms with Crippen LogP contribution < -0.4 is 91.6 Å². The van der Waals surface area contributed by atoms with Crippen molar-refractivity contribution in [3.63, 3.8) is 0 Å². The maximum absolute atomic E-state index is 15.5. The van der Waals surface area contributed by atoms with E-state index < -0.39 is 240 Å². The maximum Gasteiger partial charge on any atom is 0.305 e. The summed E-state index contributed by atoms with van der Waals surface area (Å²) in [7, 11) is 2.62. The van der Waals surface area contributed by atoms with Crippen LogP contribution in [0.5, 0.6) is 5.75 Å². The molecule has 8 rings (SSSR count). The molecule has 0 radical (unpaired) electrons. The van der Waals surface area contributed by atoms with Crippen molar-refractivity contribution in [2.24, 2.45) is 35.0 Å². The minimum absolute atomic E-state index is 0.00212. The second-order valence-electron chi connectivity index (χ2n) is 35.8. The van der Waals surface area contributed by atoms with Crippen LogP contribution in [0.15, 0.2) is 170 Å². The van der Waals surface area contributed by atoms with E-state index in [0.717, 1.165) is 20.9 Å². The van der Waals surface area contributed by atoms with Gasteiger partial charge < -0.3 is 122 Å². The predicted molar refractivity (Wildman–Crippen MR) is 527 cm³/mol. The number of guanidine groups is 1. The first kappa shape index (κ1) is 111. The third kappa shape index (κ3) is 34.9. The van der Waals surface area contributed by atoms with Gasteiger partial charge in [0.05, 0.1) is 25.3 Å². The van der Waals surface area contributed by atoms with Gasteiger partial charge in [-0.2, -0.15) is 0 Å². The van der Waals surface area contributed by atoms with Crippen molar-refractivity contribution in [2.45, 2.75) is 204 Å². The van der Waals surface area contributed by atoms with E-state index in [9.17, 15) is 48.9 Å². The van der Waals surface area contributed by atoms with Crippen molar-refractivity contribution in [1.29, 1.82) is 5.41 Å². The number of fused-ring (bicyclic) bond motifs is 1. The Bertz CT molecular complexity index is 5490. The number of benzene rings is 6. The number of hydrogen-bond acceptors (Lipinski definition) is 22. The highest BCUT2D eigenvalue weighted by Gasteiger charge is 2.42. The first-order valence-electron chi connectivity index (χ1n) is 46.6. The SMILES string of the molecule is CC(C)C[C@@H]1NC(=O)[C@H](CCCNC(=N)N)NC(=O)[C@H](Cc2ccccc2)N(C)C(=O)[C@H](C)N(C)C(=O)[C@H](CCCN)NC(=O)[C@H](Cc2ccc(-c3ccccc3)cc2)NC(=O)[C@H](C(C)C)NC(=O)[C@H](Cc2c[nH]c3ccccc23)NC(=O)[C@H](CC(=O)O)NC(=O)[C@H](Cc2ccc(O)cc2)NC(=O)[C@H](Cc2ccccc2)NC(=O)CSC[C@@H](C(=O)NCC(N)=O)NC(=O)[C@H](CO)NC(=O)[C@H](C(C)C)NC1=O. The molecule has 14 atom stereocenters. The fourth-order valence-corrected chi connectivity index (χ4v) is 16.6. The summed E-state index contributed by atoms with van der Waals surface area (Å²) in [5.74, 6) is -21.3. The molecule has 141 heavy (non-hydrogen) atoms. The zero-order valence-corrected chi connectivity index (χ0v) is 81.1. The number of carbonyl (C=O) groups is 17. The van der Waals surface area contributed by atoms with Crippen molar-refractivity contribution in [3.05, 3.63) is 198 Å². The molecule has 0 saturated carbocycles. The topological polar surface area (TPSA) is 643 Å². The van der Waals surface area contributed by atoms with Crippen LogP contribution >= 0.6 is 11.8 Å². The number of aliphatic hydroxyl groups excluding tert-OH is 1. The van der Waals surface area contributed by atoms with Gasteiger partial charge in [-0.25, -0.2) is 0 Å². The Morgan fingerprint density at radius 2 is 0.908 bits per heavy atom. The molecule has 1 aliphatic rings. The summed E-state index contributed by atoms with van der Waals surface area (Å²) in [6.45, 7) is 9.21. The van der Waals surface area contributed by atoms with Crippen molar-refractivity contribution in [1.82, 2.24) is 89.2 Å². The van der Waals surface area contributed by atoms with Crippen molar-refractivity contribution in [3.8, 4) is 16.9 Å². The number of amides is 16. The number of aliphatic carboxylic acids is 1. The number of nitrogens with zero attached hydrogens (tertiary/aromatic N) is 2. The second-order valence-corrected chi connectivity index (χ2v) is 36.9. The highest BCUT2D eigenvalue weighted by atomic mass is 32.2. The van der Waals surface area contributed by atoms with Gasteiger partial charge in [-0.15, -0.1) is 11.8 Å². The highest BCUT2D eigenvalue weighted by molar-refractivity contribution is 8.00. The van der Waals surface area contributed by atoms with E-state index in [1.54, 1.807) is 143 Å². The Labute approximate surface area is 821 Å². The number of carboxylic acids is 1. The molecule has 0 unspecified atom stereocenters. The third-order valence-corrected chi connectivity index (χ3v) is 24.7. The lowest BCUT2D eigenvalue weighted by Gasteiger charge is -2.35. The molecule has 1 aromatic heterocycles. The number of hydrogen-bond donors (Lipinski definition) is 22. The number of rotatable bonds is 28. The number of aromatic nitrogens is 1. The largest absolute Gasteiger partial charge is 0.508 e. The molecular formula is C99H131N21O20S. The van der Waals surface area contributed by atoms with Crippen LogP contribution in [0.4, 0.5) is 0 Å². The Kier molecular flexibility index (Phi) is 43.6. The molecule has 0 bridgehead atoms. The summed E-state index contributed by atoms with van der Waals surface area (Å²) in [5.41, 5.74) is 21.6. The van der Waals surface area contributed by atoms with E-state index in [-0.39, 0.29) is 82.5 Å². The number of aromatic amines is 1. The minimum atomic E-state index is -2.07. The van der Waals surface area contributed by atoms with Gasteiger partial charge in [-0.3, -0.25) is 86.9 Å². The molecule has 0 aliphatic carbocycles. The quantitative estimate of drug-likeness (QED) is 0.0170. The summed E-state index contributed by atoms with van der Waals surface area (Å²) in [6, 6.07) is 22.6. The molecular weight excluding hydrogens is 1840 g/mol. The number of para-hydroxylation sites is 1. The van der Waals surface area contributed by atoms with Crippen LogP contribution in [0, 0.1) is 23.2 Å². The van der Waals surface area contributed by atoms with Gasteiger partial charge in [-0.1, -0.05) is 187 Å². The number of H-pyrrole nitrogens is 1. The van der Waals surface area contributed by atoms with Crippen LogP contribution in [-0.2, 0) is 114 Å². The van der Waals surface area contributed by atoms with E-state index in [2.05, 4.69) is 79.4 Å². The summed E-state index contributed by atoms with van der Waals surface area (Å²) < 4.78 is 0. The number of carboxylic acid groups (broad SMARTS) is 1. The lowest BCUT2D eigenvalue weighted by atomic mass is 9.98. The van der Waals surface area contributed by atoms with Crippen molar-refractivity contribution >= 4 is 129 Å². The van der Waals surface area contributed by atoms with Crippen LogP contribution in [-0.4, -0.2) is 273 Å². The summed E-state index contributed by atoms with van der Waals surface area (Å²) in [4.78, 5) is 255. The third-order valence-electron chi connectivity index (χ3n) is 23.7. The lowest BCUT2D eigenvalue weighted by molar-refractivity contribution is -0.148. The van der Waals surface area contributed by atoms with Crippen molar-refractivity contribution in [2.75, 3.05) is 51.8 Å². The van der Waals surface area contributed by atoms with Crippen LogP contribution in [0.25, 0.3) is 22.0 Å². The summed E-state index contributed by atoms with van der Waals surface area (Å²) in [5, 5.41) is 76.7. The van der Waals surface area contributed by atoms with Gasteiger partial charge in [0, 0.05) is 75.6 Å². The number of likely N-dealkylation sites (N-methyl/N-ethyl adjacent to an activating group) is 2. The second kappa shape index (κ2) is 55.1. The standard InChI is InChI=1S/C99H131N21O20S/c1-55(2)43-71-91(133)117-84(57(5)6)96(138)115-77(52-121)93(135)116-78(85(127)106-51-80(101)123)53-141-54-81(124)107-72(44-59-23-13-10-14-24-59)87(129)111-73(46-62-35-39-66(122)40-36-62)89(131)113-76(49-82(125)126)90(132)112-75(48-65-50-105-68-30-20-19-29-67(65)68)92(134)118-83(56(3)4)95(137)114-74(45-61-33-37-64(38-34-61)63-27-17-12-18-28-63)88(130)109-70(31-21-41-100)98(140)119(8)58(7)97(139)120(9)79(47-60-25-15-11-16-26-60)94(136)108-69(86(128)110-71)32-22-42-104-99(102)103/h10-20,23-30,33-40,50,55-58,69-79,83-84,105,121-122H,21-22,31-32,41-49,51-54,100H2,1-9H3,(H2,101,123)(H,106,127)(H,107,124)(H,108,136)(H,109,130)(H,110,128)(H,111,129)(H,112,132)(H,113,131)(H,114,137)(H,115,138)(H,116,135)(H,117,133)(H,118,134)(H,125,126)(H4,102,103,104)/t58-,69-,70-,71-,72-,73-,74-,75-,76-,77-,78-,79-,83-,84-/m0/s1. The Morgan fingerprint density at radius 1 is 0.468 bits per heavy atom. The van der Waals surface area contributed by atoms with Gasteiger partial charge in [0.2, 0.25) is 94.5 Å². The molecule has 0 spiro atoms. The van der Waals surface area contributed by atoms with Crippen molar-refractivity contribution < 1.29 is 96.8 Å². The lowest BCUT2D eigenvalue weighted by Crippen LogP contribution is -2.62. The number of phenolic OH excluding ortho intramolecular Hbond substituents is 1. The maximum atomic E-state index is 15.5. The summed E-state index contributed by atoms with van der Waals surface area (Å²) in [6.07, 6.45) is -1.33. The molecule has 41 nitrogen and oxygen atoms in total. The van der Waals surface area contributed by atoms with Gasteiger partial charge >= 0.3 is 5.97 Å². The number of nitrogens with two attached hydrogens (primary N) is 3. The number of nitrogens with one attached hydrogen (secondary N) is 16. The Morgan fingerprint density at radius 3 is 1.45 bits per heavy atom. The number of thioether (sulfide) groups is 1. The number of phenols is 1. The van der Waals surface area contributed by atoms with Crippen LogP contribution in [0.1, 0.15) is 115 Å². The molecule has 42 heteroatoms. The minimum Gasteiger partial charge on any atom is -0.508 e. The van der Waals surface area contributed by atoms with Gasteiger partial charge in [0.15, 0.2) is 5.96 Å². The van der Waals surface area contributed by atoms with Crippen LogP contribution in [0.3, 0.4) is 0 Å². The average molecular weight is 1970 g/mol. The zero-order chi connectivity index (χ0) is 103. The Hall–Kier alpha value is -14.8. The van der Waals surface area contributed by atoms with E-state index in [1.165, 1.54) is 59.1 Å². The zero-order valence-electron chi connectivity index (χ0n) is 80.3. The van der Waals surface area contributed by atoms with E-state index in [1.807, 2.05) is 30.3 Å². The molecule has 16 amide bonds. The number of aromatic hydroxyl groups is 1. The fraction of sp³-hybridized carbons (Fsp3) is 0.434. The van der Waals surface area contributed by atoms with E-state index in [0.29, 0.717) is 50.5 Å². The number of primary amides is 1. The van der Waals surface area contributed by atoms with Gasteiger partial charge in [0.1, 0.15) is 90.3 Å². The first-order valence-corrected chi connectivity index (χ1v) is 47.7. The number of carbonyl (C=O) groups excluding carboxylic acids is 16. The molecule has 7 aromatic rings. The molecule has 2 heterocycles. The van der Waals surface area contributed by atoms with Crippen LogP contribution in [0.2, 0.25) is 0 Å². The normalized spacial score (nSPS) is 22.6. The molecule has 1 fully saturated rings. The van der Waals surface area contributed by atoms with E-state index >= 15 is 47.9 Å². The van der Waals surface area contributed by atoms with Gasteiger partial charge in [0.25, 0.3) is 0 Å². The average Bonchev–Trinajstić information content (AvgIpc) is 1.67. The smallest absolute Gasteiger partial charge is 0.305 e. The monoisotopic (exact) mass is 1970 g/mol. The fourth-order valence-electron chi connectivity index (χ4n) is 15.7. The Balaban J connectivity index is 1.22. The molecule has 1 saturated heterocycles.